The summed E-state index contributed by atoms with van der Waals surface area (Å²) in [4.78, 5) is 11.9. The third kappa shape index (κ3) is 2.53. The van der Waals surface area contributed by atoms with Crippen LogP contribution in [0.5, 0.6) is 0 Å². The van der Waals surface area contributed by atoms with Gasteiger partial charge in [0.05, 0.1) is 6.04 Å². The molecule has 0 bridgehead atoms. The van der Waals surface area contributed by atoms with E-state index in [9.17, 15) is 4.79 Å². The minimum atomic E-state index is -0.423. The lowest BCUT2D eigenvalue weighted by atomic mass is 10.1. The number of nitrogens with two attached hydrogens (primary N) is 1. The highest BCUT2D eigenvalue weighted by Gasteiger charge is 2.18. The van der Waals surface area contributed by atoms with Crippen LogP contribution in [0, 0.1) is 19.8 Å². The molecule has 1 rings (SSSR count). The second kappa shape index (κ2) is 4.83. The highest BCUT2D eigenvalue weighted by atomic mass is 16.1. The van der Waals surface area contributed by atoms with Crippen LogP contribution in [-0.2, 0) is 6.54 Å². The monoisotopic (exact) mass is 222 g/mol. The molecule has 0 aliphatic rings. The normalized spacial score (nSPS) is 13.2. The molecule has 90 valence electrons. The Bertz CT molecular complexity index is 389. The van der Waals surface area contributed by atoms with Gasteiger partial charge < -0.3 is 10.3 Å². The highest BCUT2D eigenvalue weighted by molar-refractivity contribution is 6.00. The van der Waals surface area contributed by atoms with E-state index >= 15 is 0 Å². The first-order valence-corrected chi connectivity index (χ1v) is 5.81. The maximum atomic E-state index is 11.9. The van der Waals surface area contributed by atoms with Crippen molar-refractivity contribution in [1.82, 2.24) is 4.57 Å². The summed E-state index contributed by atoms with van der Waals surface area (Å²) in [6.45, 7) is 11.1. The Labute approximate surface area is 97.6 Å². The summed E-state index contributed by atoms with van der Waals surface area (Å²) in [5.74, 6) is 0.603. The van der Waals surface area contributed by atoms with Gasteiger partial charge in [-0.05, 0) is 32.8 Å². The molecular weight excluding hydrogens is 200 g/mol. The fourth-order valence-electron chi connectivity index (χ4n) is 1.94. The lowest BCUT2D eigenvalue weighted by molar-refractivity contribution is 0.0967. The zero-order chi connectivity index (χ0) is 12.5. The molecule has 0 saturated heterocycles. The third-order valence-corrected chi connectivity index (χ3v) is 2.80. The van der Waals surface area contributed by atoms with Gasteiger partial charge in [0.25, 0.3) is 0 Å². The molecule has 16 heavy (non-hydrogen) atoms. The number of hydrogen-bond donors (Lipinski definition) is 1. The Balaban J connectivity index is 3.11. The SMILES string of the molecule is Cc1cc(C(=O)C(C)N)c(C)n1CC(C)C. The molecule has 0 saturated carbocycles. The molecule has 1 aromatic heterocycles. The van der Waals surface area contributed by atoms with Gasteiger partial charge in [0.2, 0.25) is 0 Å². The summed E-state index contributed by atoms with van der Waals surface area (Å²) in [5, 5.41) is 0. The number of aromatic nitrogens is 1. The fraction of sp³-hybridized carbons (Fsp3) is 0.615. The average molecular weight is 222 g/mol. The molecule has 0 fully saturated rings. The first kappa shape index (κ1) is 13.0. The van der Waals surface area contributed by atoms with Gasteiger partial charge in [-0.1, -0.05) is 13.8 Å². The number of carbonyl (C=O) groups excluding carboxylic acids is 1. The van der Waals surface area contributed by atoms with E-state index in [0.29, 0.717) is 5.92 Å². The van der Waals surface area contributed by atoms with Crippen LogP contribution in [0.15, 0.2) is 6.07 Å². The summed E-state index contributed by atoms with van der Waals surface area (Å²) in [6, 6.07) is 1.52. The van der Waals surface area contributed by atoms with Crippen molar-refractivity contribution in [3.63, 3.8) is 0 Å². The van der Waals surface area contributed by atoms with Crippen LogP contribution in [0.3, 0.4) is 0 Å². The predicted molar refractivity (Wildman–Crippen MR) is 66.7 cm³/mol. The first-order chi connectivity index (χ1) is 7.34. The molecule has 0 spiro atoms. The Morgan fingerprint density at radius 3 is 2.38 bits per heavy atom. The van der Waals surface area contributed by atoms with Crippen molar-refractivity contribution >= 4 is 5.78 Å². The number of carbonyl (C=O) groups is 1. The second-order valence-electron chi connectivity index (χ2n) is 4.94. The van der Waals surface area contributed by atoms with E-state index in [-0.39, 0.29) is 5.78 Å². The molecule has 3 heteroatoms. The van der Waals surface area contributed by atoms with Crippen molar-refractivity contribution in [2.45, 2.75) is 47.2 Å². The molecule has 0 radical (unpaired) electrons. The molecule has 0 aliphatic carbocycles. The zero-order valence-corrected chi connectivity index (χ0v) is 10.9. The van der Waals surface area contributed by atoms with Crippen molar-refractivity contribution < 1.29 is 4.79 Å². The summed E-state index contributed by atoms with van der Waals surface area (Å²) in [5.41, 5.74) is 8.58. The van der Waals surface area contributed by atoms with E-state index < -0.39 is 6.04 Å². The molecular formula is C13H22N2O. The quantitative estimate of drug-likeness (QED) is 0.795. The Kier molecular flexibility index (Phi) is 3.92. The summed E-state index contributed by atoms with van der Waals surface area (Å²) >= 11 is 0. The van der Waals surface area contributed by atoms with E-state index in [1.54, 1.807) is 6.92 Å². The lowest BCUT2D eigenvalue weighted by Gasteiger charge is -2.12. The maximum absolute atomic E-state index is 11.9. The van der Waals surface area contributed by atoms with Crippen molar-refractivity contribution in [2.24, 2.45) is 11.7 Å². The standard InChI is InChI=1S/C13H22N2O/c1-8(2)7-15-9(3)6-12(11(15)5)13(16)10(4)14/h6,8,10H,7,14H2,1-5H3. The Morgan fingerprint density at radius 1 is 1.38 bits per heavy atom. The van der Waals surface area contributed by atoms with Crippen LogP contribution >= 0.6 is 0 Å². The highest BCUT2D eigenvalue weighted by Crippen LogP contribution is 2.18. The smallest absolute Gasteiger partial charge is 0.181 e. The molecule has 3 nitrogen and oxygen atoms in total. The third-order valence-electron chi connectivity index (χ3n) is 2.80. The van der Waals surface area contributed by atoms with Crippen molar-refractivity contribution in [2.75, 3.05) is 0 Å². The molecule has 0 aliphatic heterocycles. The van der Waals surface area contributed by atoms with Crippen molar-refractivity contribution in [3.8, 4) is 0 Å². The van der Waals surface area contributed by atoms with E-state index in [2.05, 4.69) is 18.4 Å². The van der Waals surface area contributed by atoms with Gasteiger partial charge in [0, 0.05) is 23.5 Å². The number of rotatable bonds is 4. The Hall–Kier alpha value is -1.09. The Morgan fingerprint density at radius 2 is 1.94 bits per heavy atom. The lowest BCUT2D eigenvalue weighted by Crippen LogP contribution is -2.27. The molecule has 0 amide bonds. The predicted octanol–water partition coefficient (Wildman–Crippen LogP) is 2.29. The van der Waals surface area contributed by atoms with Crippen LogP contribution in [0.25, 0.3) is 0 Å². The van der Waals surface area contributed by atoms with Crippen LogP contribution in [0.1, 0.15) is 42.5 Å². The number of hydrogen-bond acceptors (Lipinski definition) is 2. The van der Waals surface area contributed by atoms with Gasteiger partial charge in [0.1, 0.15) is 0 Å². The summed E-state index contributed by atoms with van der Waals surface area (Å²) in [6.07, 6.45) is 0. The number of Topliss-reactive ketones (excluding diaryl/α,β-unsaturated/α-hetero) is 1. The second-order valence-corrected chi connectivity index (χ2v) is 4.94. The van der Waals surface area contributed by atoms with Crippen molar-refractivity contribution in [1.29, 1.82) is 0 Å². The fourth-order valence-corrected chi connectivity index (χ4v) is 1.94. The van der Waals surface area contributed by atoms with E-state index in [1.165, 1.54) is 0 Å². The van der Waals surface area contributed by atoms with Crippen molar-refractivity contribution in [3.05, 3.63) is 23.0 Å². The minimum absolute atomic E-state index is 0.0307. The molecule has 1 heterocycles. The number of ketones is 1. The molecule has 0 aromatic carbocycles. The largest absolute Gasteiger partial charge is 0.348 e. The molecule has 1 unspecified atom stereocenters. The van der Waals surface area contributed by atoms with Gasteiger partial charge in [-0.2, -0.15) is 0 Å². The van der Waals surface area contributed by atoms with Gasteiger partial charge in [-0.15, -0.1) is 0 Å². The molecule has 1 atom stereocenters. The van der Waals surface area contributed by atoms with Gasteiger partial charge in [0.15, 0.2) is 5.78 Å². The number of nitrogens with zero attached hydrogens (tertiary/aromatic N) is 1. The van der Waals surface area contributed by atoms with Gasteiger partial charge in [-0.3, -0.25) is 4.79 Å². The van der Waals surface area contributed by atoms with Crippen LogP contribution in [-0.4, -0.2) is 16.4 Å². The summed E-state index contributed by atoms with van der Waals surface area (Å²) in [7, 11) is 0. The van der Waals surface area contributed by atoms with E-state index in [0.717, 1.165) is 23.5 Å². The summed E-state index contributed by atoms with van der Waals surface area (Å²) < 4.78 is 2.19. The number of aryl methyl sites for hydroxylation is 1. The average Bonchev–Trinajstić information content (AvgIpc) is 2.44. The topological polar surface area (TPSA) is 48.0 Å². The van der Waals surface area contributed by atoms with Crippen LogP contribution in [0.2, 0.25) is 0 Å². The minimum Gasteiger partial charge on any atom is -0.348 e. The van der Waals surface area contributed by atoms with Crippen LogP contribution < -0.4 is 5.73 Å². The van der Waals surface area contributed by atoms with Crippen LogP contribution in [0.4, 0.5) is 0 Å². The zero-order valence-electron chi connectivity index (χ0n) is 10.9. The maximum Gasteiger partial charge on any atom is 0.181 e. The van der Waals surface area contributed by atoms with Gasteiger partial charge in [-0.25, -0.2) is 0 Å². The van der Waals surface area contributed by atoms with E-state index in [4.69, 9.17) is 5.73 Å². The van der Waals surface area contributed by atoms with E-state index in [1.807, 2.05) is 19.9 Å². The first-order valence-electron chi connectivity index (χ1n) is 5.81. The molecule has 1 aromatic rings. The molecule has 2 N–H and O–H groups in total. The van der Waals surface area contributed by atoms with Gasteiger partial charge >= 0.3 is 0 Å².